The van der Waals surface area contributed by atoms with Crippen LogP contribution in [0.2, 0.25) is 0 Å². The monoisotopic (exact) mass is 294 g/mol. The molecule has 1 saturated carbocycles. The maximum atomic E-state index is 9.67. The van der Waals surface area contributed by atoms with Crippen LogP contribution in [0.25, 0.3) is 11.2 Å². The zero-order valence-corrected chi connectivity index (χ0v) is 11.4. The van der Waals surface area contributed by atoms with Gasteiger partial charge in [0.1, 0.15) is 6.33 Å². The fraction of sp³-hybridized carbons (Fsp3) is 0.667. The van der Waals surface area contributed by atoms with E-state index in [0.717, 1.165) is 0 Å². The molecule has 0 aromatic carbocycles. The number of aliphatic hydroxyl groups excluding tert-OH is 3. The van der Waals surface area contributed by atoms with Gasteiger partial charge in [-0.2, -0.15) is 0 Å². The van der Waals surface area contributed by atoms with Crippen LogP contribution in [0.4, 0.5) is 5.82 Å². The summed E-state index contributed by atoms with van der Waals surface area (Å²) >= 11 is 0. The topological polar surface area (TPSA) is 143 Å². The lowest BCUT2D eigenvalue weighted by molar-refractivity contribution is 0.0843. The van der Waals surface area contributed by atoms with Crippen molar-refractivity contribution in [3.8, 4) is 0 Å². The minimum atomic E-state index is -0.215. The lowest BCUT2D eigenvalue weighted by Gasteiger charge is -2.22. The largest absolute Gasteiger partial charge is 0.396 e. The van der Waals surface area contributed by atoms with E-state index in [1.807, 2.05) is 0 Å². The second kappa shape index (κ2) is 5.51. The van der Waals surface area contributed by atoms with Gasteiger partial charge in [0.05, 0.1) is 6.04 Å². The van der Waals surface area contributed by atoms with Crippen molar-refractivity contribution in [3.63, 3.8) is 0 Å². The molecule has 1 aliphatic carbocycles. The third-order valence-electron chi connectivity index (χ3n) is 4.45. The van der Waals surface area contributed by atoms with Crippen molar-refractivity contribution in [2.24, 2.45) is 17.8 Å². The summed E-state index contributed by atoms with van der Waals surface area (Å²) in [6.45, 7) is -0.229. The Kier molecular flexibility index (Phi) is 3.70. The van der Waals surface area contributed by atoms with Crippen molar-refractivity contribution in [3.05, 3.63) is 6.33 Å². The number of aromatic nitrogens is 5. The van der Waals surface area contributed by atoms with Crippen molar-refractivity contribution >= 4 is 17.0 Å². The average molecular weight is 294 g/mol. The number of nitrogens with two attached hydrogens (primary N) is 1. The molecule has 114 valence electrons. The zero-order chi connectivity index (χ0) is 15.0. The van der Waals surface area contributed by atoms with Crippen LogP contribution in [0.1, 0.15) is 12.5 Å². The summed E-state index contributed by atoms with van der Waals surface area (Å²) in [5.41, 5.74) is 6.67. The molecule has 0 spiro atoms. The highest BCUT2D eigenvalue weighted by Gasteiger charge is 2.44. The van der Waals surface area contributed by atoms with Gasteiger partial charge in [0.15, 0.2) is 17.0 Å². The predicted molar refractivity (Wildman–Crippen MR) is 72.9 cm³/mol. The normalized spacial score (nSPS) is 29.3. The van der Waals surface area contributed by atoms with Crippen molar-refractivity contribution in [1.82, 2.24) is 25.0 Å². The average Bonchev–Trinajstić information content (AvgIpc) is 3.07. The van der Waals surface area contributed by atoms with E-state index in [0.29, 0.717) is 17.6 Å². The quantitative estimate of drug-likeness (QED) is 0.537. The highest BCUT2D eigenvalue weighted by Crippen LogP contribution is 2.44. The summed E-state index contributed by atoms with van der Waals surface area (Å²) in [4.78, 5) is 8.03. The first-order valence-corrected chi connectivity index (χ1v) is 6.85. The summed E-state index contributed by atoms with van der Waals surface area (Å²) in [7, 11) is 0. The van der Waals surface area contributed by atoms with Crippen LogP contribution in [-0.4, -0.2) is 60.1 Å². The molecule has 2 aromatic heterocycles. The van der Waals surface area contributed by atoms with Gasteiger partial charge in [-0.1, -0.05) is 5.21 Å². The van der Waals surface area contributed by atoms with Crippen LogP contribution in [0.3, 0.4) is 0 Å². The first kappa shape index (κ1) is 14.1. The maximum Gasteiger partial charge on any atom is 0.184 e. The highest BCUT2D eigenvalue weighted by atomic mass is 16.3. The Labute approximate surface area is 120 Å². The van der Waals surface area contributed by atoms with E-state index in [4.69, 9.17) is 5.73 Å². The lowest BCUT2D eigenvalue weighted by atomic mass is 9.90. The summed E-state index contributed by atoms with van der Waals surface area (Å²) in [6.07, 6.45) is 1.93. The number of hydrogen-bond acceptors (Lipinski definition) is 8. The number of rotatable bonds is 4. The predicted octanol–water partition coefficient (Wildman–Crippen LogP) is -1.43. The molecule has 1 fully saturated rings. The minimum Gasteiger partial charge on any atom is -0.396 e. The Balaban J connectivity index is 2.03. The molecular formula is C12H18N6O3. The van der Waals surface area contributed by atoms with Gasteiger partial charge in [-0.3, -0.25) is 0 Å². The summed E-state index contributed by atoms with van der Waals surface area (Å²) in [6, 6.07) is -0.191. The van der Waals surface area contributed by atoms with Gasteiger partial charge < -0.3 is 21.1 Å². The molecule has 5 N–H and O–H groups in total. The van der Waals surface area contributed by atoms with Crippen LogP contribution in [-0.2, 0) is 0 Å². The number of nitrogens with zero attached hydrogens (tertiary/aromatic N) is 5. The second-order valence-corrected chi connectivity index (χ2v) is 5.40. The van der Waals surface area contributed by atoms with E-state index in [1.165, 1.54) is 6.33 Å². The summed E-state index contributed by atoms with van der Waals surface area (Å²) in [5, 5.41) is 36.7. The SMILES string of the molecule is Nc1ncnc2c1nnn2C1C[C@H](CO)[C@@H](CO)[C@@H]1CO. The third-order valence-corrected chi connectivity index (χ3v) is 4.45. The lowest BCUT2D eigenvalue weighted by Crippen LogP contribution is -2.27. The summed E-state index contributed by atoms with van der Waals surface area (Å²) in [5.74, 6) is -0.227. The second-order valence-electron chi connectivity index (χ2n) is 5.40. The zero-order valence-electron chi connectivity index (χ0n) is 11.4. The molecular weight excluding hydrogens is 276 g/mol. The molecule has 3 rings (SSSR count). The van der Waals surface area contributed by atoms with Crippen LogP contribution in [0, 0.1) is 17.8 Å². The molecule has 0 aliphatic heterocycles. The molecule has 1 aliphatic rings. The van der Waals surface area contributed by atoms with Gasteiger partial charge in [-0.05, 0) is 18.3 Å². The Morgan fingerprint density at radius 1 is 1.14 bits per heavy atom. The van der Waals surface area contributed by atoms with Gasteiger partial charge in [-0.15, -0.1) is 5.10 Å². The fourth-order valence-electron chi connectivity index (χ4n) is 3.33. The number of aliphatic hydroxyl groups is 3. The van der Waals surface area contributed by atoms with Gasteiger partial charge in [-0.25, -0.2) is 14.6 Å². The molecule has 0 amide bonds. The van der Waals surface area contributed by atoms with Crippen molar-refractivity contribution in [2.45, 2.75) is 12.5 Å². The van der Waals surface area contributed by atoms with Gasteiger partial charge in [0.25, 0.3) is 0 Å². The smallest absolute Gasteiger partial charge is 0.184 e. The molecule has 9 nitrogen and oxygen atoms in total. The van der Waals surface area contributed by atoms with Gasteiger partial charge in [0.2, 0.25) is 0 Å². The van der Waals surface area contributed by atoms with Gasteiger partial charge in [0, 0.05) is 25.7 Å². The Bertz CT molecular complexity index is 632. The minimum absolute atomic E-state index is 0.0397. The first-order valence-electron chi connectivity index (χ1n) is 6.85. The van der Waals surface area contributed by atoms with Crippen LogP contribution >= 0.6 is 0 Å². The maximum absolute atomic E-state index is 9.67. The molecule has 2 aromatic rings. The number of hydrogen-bond donors (Lipinski definition) is 4. The van der Waals surface area contributed by atoms with Crippen molar-refractivity contribution < 1.29 is 15.3 Å². The van der Waals surface area contributed by atoms with E-state index < -0.39 is 0 Å². The van der Waals surface area contributed by atoms with Crippen LogP contribution in [0.5, 0.6) is 0 Å². The molecule has 0 radical (unpaired) electrons. The number of fused-ring (bicyclic) bond motifs is 1. The van der Waals surface area contributed by atoms with Crippen LogP contribution < -0.4 is 5.73 Å². The molecule has 0 saturated heterocycles. The molecule has 21 heavy (non-hydrogen) atoms. The molecule has 2 heterocycles. The standard InChI is InChI=1S/C12H18N6O3/c13-11-10-12(15-5-14-11)18(17-16-10)9-1-6(2-19)7(3-20)8(9)4-21/h5-9,19-21H,1-4H2,(H2,13,14,15)/t6-,7-,8+,9?/m1/s1. The number of anilines is 1. The number of nitrogen functional groups attached to an aromatic ring is 1. The third kappa shape index (κ3) is 2.13. The van der Waals surface area contributed by atoms with E-state index in [9.17, 15) is 15.3 Å². The molecule has 4 atom stereocenters. The van der Waals surface area contributed by atoms with Crippen molar-refractivity contribution in [2.75, 3.05) is 25.6 Å². The van der Waals surface area contributed by atoms with E-state index in [1.54, 1.807) is 4.68 Å². The first-order chi connectivity index (χ1) is 10.2. The Morgan fingerprint density at radius 2 is 1.90 bits per heavy atom. The molecule has 0 bridgehead atoms. The van der Waals surface area contributed by atoms with Crippen LogP contribution in [0.15, 0.2) is 6.33 Å². The van der Waals surface area contributed by atoms with E-state index in [2.05, 4.69) is 20.3 Å². The van der Waals surface area contributed by atoms with Crippen molar-refractivity contribution in [1.29, 1.82) is 0 Å². The highest BCUT2D eigenvalue weighted by molar-refractivity contribution is 5.80. The molecule has 9 heteroatoms. The van der Waals surface area contributed by atoms with Gasteiger partial charge >= 0.3 is 0 Å². The summed E-state index contributed by atoms with van der Waals surface area (Å²) < 4.78 is 1.62. The molecule has 1 unspecified atom stereocenters. The van der Waals surface area contributed by atoms with E-state index in [-0.39, 0.29) is 49.4 Å². The van der Waals surface area contributed by atoms with E-state index >= 15 is 0 Å². The Morgan fingerprint density at radius 3 is 2.57 bits per heavy atom. The fourth-order valence-corrected chi connectivity index (χ4v) is 3.33. The Hall–Kier alpha value is -1.84.